The second-order valence-corrected chi connectivity index (χ2v) is 6.55. The maximum atomic E-state index is 13.0. The molecule has 0 N–H and O–H groups in total. The highest BCUT2D eigenvalue weighted by Gasteiger charge is 2.49. The van der Waals surface area contributed by atoms with E-state index in [4.69, 9.17) is 11.6 Å². The van der Waals surface area contributed by atoms with Crippen LogP contribution in [-0.2, 0) is 4.79 Å². The number of unbranched alkanes of at least 4 members (excludes halogenated alkanes) is 1. The highest BCUT2D eigenvalue weighted by molar-refractivity contribution is 6.32. The van der Waals surface area contributed by atoms with E-state index in [1.54, 1.807) is 54.6 Å². The summed E-state index contributed by atoms with van der Waals surface area (Å²) in [5.74, 6) is -0.890. The van der Waals surface area contributed by atoms with Gasteiger partial charge >= 0.3 is 6.03 Å². The van der Waals surface area contributed by atoms with E-state index in [-0.39, 0.29) is 5.78 Å². The molecule has 0 aliphatic carbocycles. The number of amides is 3. The van der Waals surface area contributed by atoms with Crippen LogP contribution in [0.15, 0.2) is 54.6 Å². The number of carbonyl (C=O) groups excluding carboxylic acids is 3. The number of urea groups is 1. The Hall–Kier alpha value is -2.66. The first-order valence-electron chi connectivity index (χ1n) is 8.54. The van der Waals surface area contributed by atoms with Gasteiger partial charge in [-0.3, -0.25) is 9.59 Å². The Morgan fingerprint density at radius 2 is 1.69 bits per heavy atom. The minimum atomic E-state index is -1.13. The fourth-order valence-corrected chi connectivity index (χ4v) is 3.11. The summed E-state index contributed by atoms with van der Waals surface area (Å²) in [6, 6.07) is 13.4. The summed E-state index contributed by atoms with van der Waals surface area (Å²) in [5, 5.41) is 0.507. The highest BCUT2D eigenvalue weighted by atomic mass is 35.5. The molecule has 0 radical (unpaired) electrons. The lowest BCUT2D eigenvalue weighted by molar-refractivity contribution is -0.118. The molecule has 0 bridgehead atoms. The number of rotatable bonds is 6. The van der Waals surface area contributed by atoms with Gasteiger partial charge in [0.15, 0.2) is 11.8 Å². The minimum absolute atomic E-state index is 0.356. The second kappa shape index (κ2) is 7.70. The number of halogens is 1. The van der Waals surface area contributed by atoms with Crippen molar-refractivity contribution in [1.29, 1.82) is 0 Å². The molecular weight excluding hydrogens is 352 g/mol. The van der Waals surface area contributed by atoms with Gasteiger partial charge < -0.3 is 4.90 Å². The van der Waals surface area contributed by atoms with Gasteiger partial charge in [0.1, 0.15) is 0 Å². The molecule has 3 rings (SSSR count). The number of hydrogen-bond donors (Lipinski definition) is 0. The molecule has 1 aliphatic rings. The van der Waals surface area contributed by atoms with Crippen molar-refractivity contribution in [1.82, 2.24) is 4.90 Å². The van der Waals surface area contributed by atoms with Gasteiger partial charge in [-0.15, -0.1) is 0 Å². The molecule has 1 saturated heterocycles. The fraction of sp³-hybridized carbons (Fsp3) is 0.250. The van der Waals surface area contributed by atoms with E-state index >= 15 is 0 Å². The number of nitrogens with zero attached hydrogens (tertiary/aromatic N) is 2. The predicted molar refractivity (Wildman–Crippen MR) is 101 cm³/mol. The molecule has 134 valence electrons. The average Bonchev–Trinajstić information content (AvgIpc) is 2.91. The third-order valence-electron chi connectivity index (χ3n) is 4.35. The smallest absolute Gasteiger partial charge is 0.305 e. The van der Waals surface area contributed by atoms with E-state index < -0.39 is 18.0 Å². The summed E-state index contributed by atoms with van der Waals surface area (Å²) in [6.45, 7) is 2.35. The van der Waals surface area contributed by atoms with Gasteiger partial charge in [0, 0.05) is 17.1 Å². The number of anilines is 1. The van der Waals surface area contributed by atoms with E-state index in [9.17, 15) is 14.4 Å². The lowest BCUT2D eigenvalue weighted by Gasteiger charge is -2.20. The highest BCUT2D eigenvalue weighted by Crippen LogP contribution is 2.28. The van der Waals surface area contributed by atoms with Crippen LogP contribution >= 0.6 is 11.6 Å². The van der Waals surface area contributed by atoms with Crippen LogP contribution in [0.5, 0.6) is 0 Å². The first-order valence-corrected chi connectivity index (χ1v) is 8.91. The van der Waals surface area contributed by atoms with E-state index in [1.807, 2.05) is 6.92 Å². The Morgan fingerprint density at radius 1 is 1.04 bits per heavy atom. The maximum absolute atomic E-state index is 13.0. The summed E-state index contributed by atoms with van der Waals surface area (Å²) >= 11 is 5.89. The van der Waals surface area contributed by atoms with Crippen molar-refractivity contribution in [2.75, 3.05) is 11.4 Å². The predicted octanol–water partition coefficient (Wildman–Crippen LogP) is 4.16. The molecule has 6 heteroatoms. The Bertz CT molecular complexity index is 821. The van der Waals surface area contributed by atoms with Crippen LogP contribution in [0, 0.1) is 0 Å². The monoisotopic (exact) mass is 370 g/mol. The van der Waals surface area contributed by atoms with Crippen molar-refractivity contribution in [2.45, 2.75) is 25.8 Å². The van der Waals surface area contributed by atoms with Crippen LogP contribution in [0.1, 0.15) is 30.1 Å². The molecule has 0 aromatic heterocycles. The van der Waals surface area contributed by atoms with Gasteiger partial charge in [0.05, 0.1) is 5.69 Å². The second-order valence-electron chi connectivity index (χ2n) is 6.11. The van der Waals surface area contributed by atoms with Crippen molar-refractivity contribution < 1.29 is 14.4 Å². The van der Waals surface area contributed by atoms with Crippen molar-refractivity contribution in [2.24, 2.45) is 0 Å². The van der Waals surface area contributed by atoms with E-state index in [2.05, 4.69) is 0 Å². The van der Waals surface area contributed by atoms with Crippen molar-refractivity contribution in [3.63, 3.8) is 0 Å². The summed E-state index contributed by atoms with van der Waals surface area (Å²) in [4.78, 5) is 41.3. The zero-order valence-corrected chi connectivity index (χ0v) is 15.1. The van der Waals surface area contributed by atoms with Crippen molar-refractivity contribution in [3.05, 3.63) is 65.2 Å². The standard InChI is InChI=1S/C20H19ClN2O3/c1-2-3-13-22-17(18(24)14-7-5-4-6-8-14)19(25)23(20(22)26)16-11-9-15(21)10-12-16/h4-12,17H,2-3,13H2,1H3. The molecule has 1 fully saturated rings. The molecular formula is C20H19ClN2O3. The van der Waals surface area contributed by atoms with Crippen LogP contribution in [0.25, 0.3) is 0 Å². The SMILES string of the molecule is CCCCN1C(=O)N(c2ccc(Cl)cc2)C(=O)C1C(=O)c1ccccc1. The summed E-state index contributed by atoms with van der Waals surface area (Å²) in [6.07, 6.45) is 1.57. The minimum Gasteiger partial charge on any atom is -0.305 e. The molecule has 0 saturated carbocycles. The largest absolute Gasteiger partial charge is 0.332 e. The molecule has 1 atom stereocenters. The summed E-state index contributed by atoms with van der Waals surface area (Å²) < 4.78 is 0. The Labute approximate surface area is 157 Å². The van der Waals surface area contributed by atoms with Gasteiger partial charge in [0.2, 0.25) is 0 Å². The van der Waals surface area contributed by atoms with Gasteiger partial charge in [-0.1, -0.05) is 55.3 Å². The van der Waals surface area contributed by atoms with Crippen molar-refractivity contribution >= 4 is 35.0 Å². The zero-order chi connectivity index (χ0) is 18.7. The van der Waals surface area contributed by atoms with Gasteiger partial charge in [-0.2, -0.15) is 0 Å². The Balaban J connectivity index is 1.98. The van der Waals surface area contributed by atoms with Gasteiger partial charge in [-0.25, -0.2) is 9.69 Å². The molecule has 26 heavy (non-hydrogen) atoms. The van der Waals surface area contributed by atoms with E-state index in [0.29, 0.717) is 29.2 Å². The van der Waals surface area contributed by atoms with Gasteiger partial charge in [0.25, 0.3) is 5.91 Å². The maximum Gasteiger partial charge on any atom is 0.332 e. The number of Topliss-reactive ketones (excluding diaryl/α,β-unsaturated/α-hetero) is 1. The van der Waals surface area contributed by atoms with Crippen LogP contribution in [-0.4, -0.2) is 35.2 Å². The quantitative estimate of drug-likeness (QED) is 0.436. The summed E-state index contributed by atoms with van der Waals surface area (Å²) in [7, 11) is 0. The molecule has 1 heterocycles. The molecule has 0 spiro atoms. The number of hydrogen-bond acceptors (Lipinski definition) is 3. The van der Waals surface area contributed by atoms with Crippen LogP contribution < -0.4 is 4.90 Å². The Kier molecular flexibility index (Phi) is 5.38. The van der Waals surface area contributed by atoms with Crippen molar-refractivity contribution in [3.8, 4) is 0 Å². The number of imide groups is 1. The Morgan fingerprint density at radius 3 is 2.31 bits per heavy atom. The van der Waals surface area contributed by atoms with Crippen LogP contribution in [0.3, 0.4) is 0 Å². The third-order valence-corrected chi connectivity index (χ3v) is 4.60. The molecule has 1 aliphatic heterocycles. The van der Waals surface area contributed by atoms with E-state index in [0.717, 1.165) is 11.3 Å². The number of benzene rings is 2. The third kappa shape index (κ3) is 3.35. The first kappa shape index (κ1) is 18.1. The summed E-state index contributed by atoms with van der Waals surface area (Å²) in [5.41, 5.74) is 0.826. The molecule has 5 nitrogen and oxygen atoms in total. The number of ketones is 1. The first-order chi connectivity index (χ1) is 12.5. The molecule has 2 aromatic rings. The normalized spacial score (nSPS) is 17.1. The van der Waals surface area contributed by atoms with Crippen LogP contribution in [0.2, 0.25) is 5.02 Å². The average molecular weight is 371 g/mol. The van der Waals surface area contributed by atoms with Crippen LogP contribution in [0.4, 0.5) is 10.5 Å². The molecule has 2 aromatic carbocycles. The molecule has 1 unspecified atom stereocenters. The fourth-order valence-electron chi connectivity index (χ4n) is 2.98. The van der Waals surface area contributed by atoms with Gasteiger partial charge in [-0.05, 0) is 30.7 Å². The lowest BCUT2D eigenvalue weighted by atomic mass is 10.0. The lowest BCUT2D eigenvalue weighted by Crippen LogP contribution is -2.41. The number of carbonyl (C=O) groups is 3. The zero-order valence-electron chi connectivity index (χ0n) is 14.4. The topological polar surface area (TPSA) is 57.7 Å². The molecule has 3 amide bonds. The van der Waals surface area contributed by atoms with E-state index in [1.165, 1.54) is 4.90 Å².